The molecule has 0 atom stereocenters. The maximum atomic E-state index is 5.88. The van der Waals surface area contributed by atoms with Crippen LogP contribution in [0.15, 0.2) is 60.9 Å². The lowest BCUT2D eigenvalue weighted by Gasteiger charge is -2.08. The summed E-state index contributed by atoms with van der Waals surface area (Å²) in [6.07, 6.45) is 12.4. The predicted molar refractivity (Wildman–Crippen MR) is 128 cm³/mol. The lowest BCUT2D eigenvalue weighted by atomic mass is 10.1. The number of ether oxygens (including phenoxy) is 2. The summed E-state index contributed by atoms with van der Waals surface area (Å²) in [6.45, 7) is 5.84. The van der Waals surface area contributed by atoms with Gasteiger partial charge in [-0.1, -0.05) is 70.2 Å². The molecular formula is C27H34N2O2. The van der Waals surface area contributed by atoms with E-state index >= 15 is 0 Å². The van der Waals surface area contributed by atoms with E-state index in [4.69, 9.17) is 9.47 Å². The van der Waals surface area contributed by atoms with Gasteiger partial charge in [0.2, 0.25) is 0 Å². The summed E-state index contributed by atoms with van der Waals surface area (Å²) < 4.78 is 11.6. The van der Waals surface area contributed by atoms with Gasteiger partial charge in [0, 0.05) is 23.5 Å². The molecule has 1 heterocycles. The Morgan fingerprint density at radius 2 is 1.32 bits per heavy atom. The first-order valence-electron chi connectivity index (χ1n) is 11.6. The molecule has 1 aromatic heterocycles. The third kappa shape index (κ3) is 7.39. The largest absolute Gasteiger partial charge is 0.494 e. The first-order chi connectivity index (χ1) is 15.3. The van der Waals surface area contributed by atoms with Gasteiger partial charge >= 0.3 is 0 Å². The molecule has 0 aliphatic rings. The molecular weight excluding hydrogens is 384 g/mol. The molecule has 0 spiro atoms. The molecule has 0 aliphatic carbocycles. The second kappa shape index (κ2) is 12.7. The predicted octanol–water partition coefficient (Wildman–Crippen LogP) is 7.34. The summed E-state index contributed by atoms with van der Waals surface area (Å²) in [7, 11) is 0. The number of hydrogen-bond acceptors (Lipinski definition) is 4. The number of nitrogens with zero attached hydrogens (tertiary/aromatic N) is 2. The van der Waals surface area contributed by atoms with Crippen LogP contribution in [0.25, 0.3) is 22.5 Å². The molecule has 31 heavy (non-hydrogen) atoms. The summed E-state index contributed by atoms with van der Waals surface area (Å²) in [5.41, 5.74) is 3.03. The molecule has 0 N–H and O–H groups in total. The van der Waals surface area contributed by atoms with Gasteiger partial charge in [0.15, 0.2) is 5.82 Å². The van der Waals surface area contributed by atoms with Crippen LogP contribution < -0.4 is 9.47 Å². The number of hydrogen-bond donors (Lipinski definition) is 0. The third-order valence-corrected chi connectivity index (χ3v) is 5.17. The average molecular weight is 419 g/mol. The molecule has 2 aromatic carbocycles. The van der Waals surface area contributed by atoms with E-state index in [-0.39, 0.29) is 0 Å². The first kappa shape index (κ1) is 22.8. The Morgan fingerprint density at radius 3 is 2.06 bits per heavy atom. The van der Waals surface area contributed by atoms with E-state index in [1.807, 2.05) is 48.8 Å². The van der Waals surface area contributed by atoms with Gasteiger partial charge in [-0.2, -0.15) is 0 Å². The Hall–Kier alpha value is -2.88. The minimum Gasteiger partial charge on any atom is -0.494 e. The molecule has 0 unspecified atom stereocenters. The summed E-state index contributed by atoms with van der Waals surface area (Å²) in [4.78, 5) is 9.12. The monoisotopic (exact) mass is 418 g/mol. The van der Waals surface area contributed by atoms with Crippen molar-refractivity contribution < 1.29 is 9.47 Å². The average Bonchev–Trinajstić information content (AvgIpc) is 2.83. The SMILES string of the molecule is CCCCCCCCOc1ccc(-c2cnc(-c3cccc(OCCC)c3)nc2)cc1. The van der Waals surface area contributed by atoms with Crippen molar-refractivity contribution in [3.63, 3.8) is 0 Å². The normalized spacial score (nSPS) is 10.8. The highest BCUT2D eigenvalue weighted by Crippen LogP contribution is 2.25. The zero-order valence-electron chi connectivity index (χ0n) is 18.8. The highest BCUT2D eigenvalue weighted by Gasteiger charge is 2.05. The van der Waals surface area contributed by atoms with Crippen LogP contribution in [0.3, 0.4) is 0 Å². The van der Waals surface area contributed by atoms with Gasteiger partial charge in [-0.15, -0.1) is 0 Å². The smallest absolute Gasteiger partial charge is 0.159 e. The first-order valence-corrected chi connectivity index (χ1v) is 11.6. The minimum atomic E-state index is 0.699. The van der Waals surface area contributed by atoms with Gasteiger partial charge in [-0.3, -0.25) is 0 Å². The van der Waals surface area contributed by atoms with Crippen molar-refractivity contribution in [1.29, 1.82) is 0 Å². The van der Waals surface area contributed by atoms with Gasteiger partial charge in [-0.25, -0.2) is 9.97 Å². The van der Waals surface area contributed by atoms with Gasteiger partial charge in [0.25, 0.3) is 0 Å². The molecule has 0 aliphatic heterocycles. The second-order valence-corrected chi connectivity index (χ2v) is 7.81. The standard InChI is InChI=1S/C27H34N2O2/c1-3-5-6-7-8-9-18-31-25-15-13-22(14-16-25)24-20-28-27(29-21-24)23-11-10-12-26(19-23)30-17-4-2/h10-16,19-21H,3-9,17-18H2,1-2H3. The lowest BCUT2D eigenvalue weighted by molar-refractivity contribution is 0.304. The van der Waals surface area contributed by atoms with Crippen molar-refractivity contribution in [2.75, 3.05) is 13.2 Å². The van der Waals surface area contributed by atoms with Gasteiger partial charge in [0.05, 0.1) is 13.2 Å². The Kier molecular flexibility index (Phi) is 9.36. The fraction of sp³-hybridized carbons (Fsp3) is 0.407. The second-order valence-electron chi connectivity index (χ2n) is 7.81. The van der Waals surface area contributed by atoms with Gasteiger partial charge < -0.3 is 9.47 Å². The van der Waals surface area contributed by atoms with Crippen LogP contribution in [-0.2, 0) is 0 Å². The molecule has 4 heteroatoms. The van der Waals surface area contributed by atoms with Crippen LogP contribution in [0.1, 0.15) is 58.8 Å². The molecule has 0 amide bonds. The maximum absolute atomic E-state index is 5.88. The van der Waals surface area contributed by atoms with E-state index in [9.17, 15) is 0 Å². The van der Waals surface area contributed by atoms with Crippen molar-refractivity contribution in [2.45, 2.75) is 58.8 Å². The fourth-order valence-corrected chi connectivity index (χ4v) is 3.39. The topological polar surface area (TPSA) is 44.2 Å². The van der Waals surface area contributed by atoms with E-state index in [1.54, 1.807) is 0 Å². The van der Waals surface area contributed by atoms with E-state index < -0.39 is 0 Å². The van der Waals surface area contributed by atoms with E-state index in [0.717, 1.165) is 47.6 Å². The molecule has 4 nitrogen and oxygen atoms in total. The molecule has 0 radical (unpaired) electrons. The Bertz CT molecular complexity index is 892. The van der Waals surface area contributed by atoms with Crippen LogP contribution >= 0.6 is 0 Å². The molecule has 0 fully saturated rings. The van der Waals surface area contributed by atoms with Crippen LogP contribution in [-0.4, -0.2) is 23.2 Å². The molecule has 0 saturated carbocycles. The van der Waals surface area contributed by atoms with E-state index in [2.05, 4.69) is 35.9 Å². The summed E-state index contributed by atoms with van der Waals surface area (Å²) in [5, 5.41) is 0. The van der Waals surface area contributed by atoms with Crippen LogP contribution in [0.2, 0.25) is 0 Å². The van der Waals surface area contributed by atoms with Crippen LogP contribution in [0.5, 0.6) is 11.5 Å². The van der Waals surface area contributed by atoms with Gasteiger partial charge in [-0.05, 0) is 42.7 Å². The molecule has 3 aromatic rings. The molecule has 164 valence electrons. The van der Waals surface area contributed by atoms with Crippen LogP contribution in [0.4, 0.5) is 0 Å². The number of unbranched alkanes of at least 4 members (excludes halogenated alkanes) is 5. The summed E-state index contributed by atoms with van der Waals surface area (Å²) in [5.74, 6) is 2.46. The maximum Gasteiger partial charge on any atom is 0.159 e. The Balaban J connectivity index is 1.53. The molecule has 0 bridgehead atoms. The Morgan fingerprint density at radius 1 is 0.613 bits per heavy atom. The Labute approximate surface area is 186 Å². The number of aromatic nitrogens is 2. The summed E-state index contributed by atoms with van der Waals surface area (Å²) >= 11 is 0. The summed E-state index contributed by atoms with van der Waals surface area (Å²) in [6, 6.07) is 16.1. The number of benzene rings is 2. The van der Waals surface area contributed by atoms with Crippen molar-refractivity contribution in [2.24, 2.45) is 0 Å². The highest BCUT2D eigenvalue weighted by atomic mass is 16.5. The van der Waals surface area contributed by atoms with E-state index in [0.29, 0.717) is 12.4 Å². The molecule has 0 saturated heterocycles. The zero-order chi connectivity index (χ0) is 21.7. The fourth-order valence-electron chi connectivity index (χ4n) is 3.39. The quantitative estimate of drug-likeness (QED) is 0.272. The third-order valence-electron chi connectivity index (χ3n) is 5.17. The van der Waals surface area contributed by atoms with Crippen molar-refractivity contribution in [3.8, 4) is 34.0 Å². The molecule has 3 rings (SSSR count). The van der Waals surface area contributed by atoms with Crippen molar-refractivity contribution >= 4 is 0 Å². The zero-order valence-corrected chi connectivity index (χ0v) is 18.8. The lowest BCUT2D eigenvalue weighted by Crippen LogP contribution is -1.97. The van der Waals surface area contributed by atoms with Crippen molar-refractivity contribution in [3.05, 3.63) is 60.9 Å². The number of rotatable bonds is 13. The minimum absolute atomic E-state index is 0.699. The van der Waals surface area contributed by atoms with Gasteiger partial charge in [0.1, 0.15) is 11.5 Å². The van der Waals surface area contributed by atoms with Crippen molar-refractivity contribution in [1.82, 2.24) is 9.97 Å². The highest BCUT2D eigenvalue weighted by molar-refractivity contribution is 5.64. The van der Waals surface area contributed by atoms with Crippen LogP contribution in [0, 0.1) is 0 Å². The van der Waals surface area contributed by atoms with E-state index in [1.165, 1.54) is 32.1 Å².